The summed E-state index contributed by atoms with van der Waals surface area (Å²) in [6, 6.07) is 6.07. The molecule has 1 unspecified atom stereocenters. The number of nitrogens with one attached hydrogen (secondary N) is 1. The number of carbonyl (C=O) groups excluding carboxylic acids is 1. The Morgan fingerprint density at radius 3 is 2.33 bits per heavy atom. The molecule has 0 heterocycles. The zero-order valence-electron chi connectivity index (χ0n) is 13.1. The molecule has 21 heavy (non-hydrogen) atoms. The van der Waals surface area contributed by atoms with Gasteiger partial charge in [0.25, 0.3) is 0 Å². The first-order chi connectivity index (χ1) is 9.71. The van der Waals surface area contributed by atoms with E-state index in [1.807, 2.05) is 6.92 Å². The molecular weight excluding hydrogens is 290 g/mol. The predicted octanol–water partition coefficient (Wildman–Crippen LogP) is 1.22. The van der Waals surface area contributed by atoms with Gasteiger partial charge in [-0.1, -0.05) is 12.1 Å². The van der Waals surface area contributed by atoms with Gasteiger partial charge in [-0.3, -0.25) is 4.79 Å². The molecule has 0 aliphatic carbocycles. The number of hydrogen-bond acceptors (Lipinski definition) is 4. The van der Waals surface area contributed by atoms with Crippen molar-refractivity contribution in [3.05, 3.63) is 24.3 Å². The second kappa shape index (κ2) is 6.91. The zero-order valence-corrected chi connectivity index (χ0v) is 13.9. The maximum Gasteiger partial charge on any atom is 0.244 e. The molecule has 7 heteroatoms. The Labute approximate surface area is 126 Å². The van der Waals surface area contributed by atoms with Crippen LogP contribution in [-0.4, -0.2) is 57.3 Å². The minimum Gasteiger partial charge on any atom is -0.373 e. The van der Waals surface area contributed by atoms with Crippen LogP contribution in [0.25, 0.3) is 0 Å². The first-order valence-corrected chi connectivity index (χ1v) is 8.18. The number of sulfonamides is 1. The Balaban J connectivity index is 3.09. The van der Waals surface area contributed by atoms with Crippen molar-refractivity contribution in [3.63, 3.8) is 0 Å². The van der Waals surface area contributed by atoms with Crippen molar-refractivity contribution < 1.29 is 13.2 Å². The fourth-order valence-corrected chi connectivity index (χ4v) is 2.84. The summed E-state index contributed by atoms with van der Waals surface area (Å²) in [7, 11) is 1.11. The number of para-hydroxylation sites is 1. The van der Waals surface area contributed by atoms with Crippen LogP contribution in [0.4, 0.5) is 5.69 Å². The smallest absolute Gasteiger partial charge is 0.244 e. The third-order valence-electron chi connectivity index (χ3n) is 3.24. The molecule has 0 radical (unpaired) electrons. The highest BCUT2D eigenvalue weighted by Crippen LogP contribution is 2.23. The van der Waals surface area contributed by atoms with Crippen LogP contribution in [0.15, 0.2) is 29.2 Å². The normalized spacial score (nSPS) is 13.0. The van der Waals surface area contributed by atoms with Gasteiger partial charge in [0.05, 0.1) is 5.69 Å². The molecule has 1 amide bonds. The Morgan fingerprint density at radius 1 is 1.24 bits per heavy atom. The number of anilines is 1. The predicted molar refractivity (Wildman–Crippen MR) is 83.7 cm³/mol. The third-order valence-corrected chi connectivity index (χ3v) is 5.11. The number of benzene rings is 1. The van der Waals surface area contributed by atoms with Gasteiger partial charge in [0.1, 0.15) is 10.9 Å². The Morgan fingerprint density at radius 2 is 1.81 bits per heavy atom. The lowest BCUT2D eigenvalue weighted by Gasteiger charge is -2.23. The average molecular weight is 313 g/mol. The van der Waals surface area contributed by atoms with Crippen molar-refractivity contribution in [3.8, 4) is 0 Å². The first-order valence-electron chi connectivity index (χ1n) is 6.74. The van der Waals surface area contributed by atoms with Crippen molar-refractivity contribution in [2.75, 3.05) is 33.0 Å². The molecule has 1 rings (SSSR count). The van der Waals surface area contributed by atoms with Crippen LogP contribution < -0.4 is 5.32 Å². The van der Waals surface area contributed by atoms with Gasteiger partial charge in [-0.2, -0.15) is 0 Å². The van der Waals surface area contributed by atoms with Crippen LogP contribution in [-0.2, 0) is 14.8 Å². The SMILES string of the molecule is CCN(C)C(=O)C(C)Nc1ccccc1S(=O)(=O)N(C)C. The van der Waals surface area contributed by atoms with E-state index >= 15 is 0 Å². The molecule has 0 saturated heterocycles. The minimum absolute atomic E-state index is 0.0884. The lowest BCUT2D eigenvalue weighted by atomic mass is 10.2. The molecule has 1 aromatic carbocycles. The molecule has 1 aromatic rings. The van der Waals surface area contributed by atoms with Gasteiger partial charge in [0, 0.05) is 27.7 Å². The van der Waals surface area contributed by atoms with Crippen LogP contribution in [0.5, 0.6) is 0 Å². The number of rotatable bonds is 6. The number of amides is 1. The van der Waals surface area contributed by atoms with Crippen molar-refractivity contribution in [1.82, 2.24) is 9.21 Å². The van der Waals surface area contributed by atoms with Crippen molar-refractivity contribution in [2.45, 2.75) is 24.8 Å². The number of likely N-dealkylation sites (N-methyl/N-ethyl adjacent to an activating group) is 1. The van der Waals surface area contributed by atoms with E-state index < -0.39 is 16.1 Å². The standard InChI is InChI=1S/C14H23N3O3S/c1-6-17(5)14(18)11(2)15-12-9-7-8-10-13(12)21(19,20)16(3)4/h7-11,15H,6H2,1-5H3. The highest BCUT2D eigenvalue weighted by atomic mass is 32.2. The molecule has 0 saturated carbocycles. The molecule has 1 N–H and O–H groups in total. The summed E-state index contributed by atoms with van der Waals surface area (Å²) in [4.78, 5) is 13.8. The number of hydrogen-bond donors (Lipinski definition) is 1. The van der Waals surface area contributed by atoms with Gasteiger partial charge in [0.15, 0.2) is 0 Å². The van der Waals surface area contributed by atoms with E-state index in [9.17, 15) is 13.2 Å². The maximum atomic E-state index is 12.3. The van der Waals surface area contributed by atoms with Crippen LogP contribution in [0.2, 0.25) is 0 Å². The first kappa shape index (κ1) is 17.5. The van der Waals surface area contributed by atoms with Crippen molar-refractivity contribution >= 4 is 21.6 Å². The molecule has 0 aromatic heterocycles. The highest BCUT2D eigenvalue weighted by Gasteiger charge is 2.23. The van der Waals surface area contributed by atoms with E-state index in [1.165, 1.54) is 20.2 Å². The van der Waals surface area contributed by atoms with Gasteiger partial charge in [-0.25, -0.2) is 12.7 Å². The van der Waals surface area contributed by atoms with Crippen LogP contribution in [0.1, 0.15) is 13.8 Å². The molecule has 0 aliphatic rings. The van der Waals surface area contributed by atoms with Gasteiger partial charge in [-0.15, -0.1) is 0 Å². The third kappa shape index (κ3) is 3.95. The minimum atomic E-state index is -3.56. The van der Waals surface area contributed by atoms with E-state index in [4.69, 9.17) is 0 Å². The van der Waals surface area contributed by atoms with Gasteiger partial charge < -0.3 is 10.2 Å². The largest absolute Gasteiger partial charge is 0.373 e. The lowest BCUT2D eigenvalue weighted by Crippen LogP contribution is -2.39. The fraction of sp³-hybridized carbons (Fsp3) is 0.500. The summed E-state index contributed by atoms with van der Waals surface area (Å²) in [5, 5.41) is 2.99. The molecule has 118 valence electrons. The summed E-state index contributed by atoms with van der Waals surface area (Å²) in [5.41, 5.74) is 0.427. The second-order valence-electron chi connectivity index (χ2n) is 5.00. The maximum absolute atomic E-state index is 12.3. The Bertz CT molecular complexity index is 599. The van der Waals surface area contributed by atoms with Gasteiger partial charge in [-0.05, 0) is 26.0 Å². The van der Waals surface area contributed by atoms with E-state index in [0.29, 0.717) is 12.2 Å². The van der Waals surface area contributed by atoms with E-state index in [1.54, 1.807) is 37.1 Å². The van der Waals surface area contributed by atoms with E-state index in [0.717, 1.165) is 4.31 Å². The topological polar surface area (TPSA) is 69.7 Å². The molecular formula is C14H23N3O3S. The Kier molecular flexibility index (Phi) is 5.74. The quantitative estimate of drug-likeness (QED) is 0.857. The molecule has 6 nitrogen and oxygen atoms in total. The summed E-state index contributed by atoms with van der Waals surface area (Å²) in [6.45, 7) is 4.20. The van der Waals surface area contributed by atoms with Crippen LogP contribution in [0.3, 0.4) is 0 Å². The van der Waals surface area contributed by atoms with Crippen LogP contribution >= 0.6 is 0 Å². The van der Waals surface area contributed by atoms with Crippen molar-refractivity contribution in [1.29, 1.82) is 0 Å². The Hall–Kier alpha value is -1.60. The van der Waals surface area contributed by atoms with Gasteiger partial charge in [0.2, 0.25) is 15.9 Å². The molecule has 1 atom stereocenters. The summed E-state index contributed by atoms with van der Waals surface area (Å²) < 4.78 is 25.7. The molecule has 0 aliphatic heterocycles. The van der Waals surface area contributed by atoms with Crippen LogP contribution in [0, 0.1) is 0 Å². The van der Waals surface area contributed by atoms with E-state index in [2.05, 4.69) is 5.32 Å². The van der Waals surface area contributed by atoms with Crippen molar-refractivity contribution in [2.24, 2.45) is 0 Å². The molecule has 0 bridgehead atoms. The lowest BCUT2D eigenvalue weighted by molar-refractivity contribution is -0.130. The monoisotopic (exact) mass is 313 g/mol. The average Bonchev–Trinajstić information content (AvgIpc) is 2.45. The zero-order chi connectivity index (χ0) is 16.2. The molecule has 0 spiro atoms. The number of nitrogens with zero attached hydrogens (tertiary/aromatic N) is 2. The summed E-state index contributed by atoms with van der Waals surface area (Å²) in [6.07, 6.45) is 0. The van der Waals surface area contributed by atoms with Gasteiger partial charge >= 0.3 is 0 Å². The number of carbonyl (C=O) groups is 1. The summed E-state index contributed by atoms with van der Waals surface area (Å²) >= 11 is 0. The second-order valence-corrected chi connectivity index (χ2v) is 7.12. The molecule has 0 fully saturated rings. The highest BCUT2D eigenvalue weighted by molar-refractivity contribution is 7.89. The fourth-order valence-electron chi connectivity index (χ4n) is 1.79. The van der Waals surface area contributed by atoms with E-state index in [-0.39, 0.29) is 10.8 Å². The summed E-state index contributed by atoms with van der Waals surface area (Å²) in [5.74, 6) is -0.0884.